The van der Waals surface area contributed by atoms with Gasteiger partial charge in [-0.15, -0.1) is 11.6 Å². The van der Waals surface area contributed by atoms with Gasteiger partial charge in [-0.05, 0) is 61.0 Å². The van der Waals surface area contributed by atoms with Crippen molar-refractivity contribution >= 4 is 45.1 Å². The Kier molecular flexibility index (Phi) is 5.95. The largest absolute Gasteiger partial charge is 0.497 e. The number of benzene rings is 3. The average Bonchev–Trinajstić information content (AvgIpc) is 3.22. The molecular weight excluding hydrogens is 446 g/mol. The SMILES string of the molecule is CCn1c2ccccc2c2cc(NC(=O)c3ccc(CCl)cc3)nc(-c3ccc(OC)cc3)c21. The number of carbonyl (C=O) groups is 1. The number of nitrogens with zero attached hydrogens (tertiary/aromatic N) is 2. The van der Waals surface area contributed by atoms with E-state index in [9.17, 15) is 4.79 Å². The number of rotatable bonds is 6. The van der Waals surface area contributed by atoms with Gasteiger partial charge in [0.2, 0.25) is 0 Å². The van der Waals surface area contributed by atoms with Gasteiger partial charge in [-0.1, -0.05) is 30.3 Å². The number of hydrogen-bond donors (Lipinski definition) is 1. The van der Waals surface area contributed by atoms with Crippen LogP contribution in [-0.2, 0) is 12.4 Å². The summed E-state index contributed by atoms with van der Waals surface area (Å²) in [7, 11) is 1.65. The maximum Gasteiger partial charge on any atom is 0.256 e. The fraction of sp³-hybridized carbons (Fsp3) is 0.143. The molecule has 0 radical (unpaired) electrons. The maximum atomic E-state index is 13.0. The zero-order chi connectivity index (χ0) is 23.7. The summed E-state index contributed by atoms with van der Waals surface area (Å²) in [6, 6.07) is 25.4. The Morgan fingerprint density at radius 2 is 1.74 bits per heavy atom. The number of hydrogen-bond acceptors (Lipinski definition) is 3. The van der Waals surface area contributed by atoms with Crippen LogP contribution in [0.4, 0.5) is 5.82 Å². The minimum Gasteiger partial charge on any atom is -0.497 e. The van der Waals surface area contributed by atoms with E-state index in [2.05, 4.69) is 28.9 Å². The lowest BCUT2D eigenvalue weighted by Gasteiger charge is -2.12. The molecule has 0 saturated carbocycles. The van der Waals surface area contributed by atoms with Gasteiger partial charge in [0.15, 0.2) is 0 Å². The third-order valence-corrected chi connectivity index (χ3v) is 6.35. The number of halogens is 1. The fourth-order valence-electron chi connectivity index (χ4n) is 4.35. The molecular formula is C28H24ClN3O2. The average molecular weight is 470 g/mol. The number of anilines is 1. The molecule has 2 aromatic heterocycles. The topological polar surface area (TPSA) is 56.2 Å². The first-order chi connectivity index (χ1) is 16.6. The maximum absolute atomic E-state index is 13.0. The molecule has 170 valence electrons. The molecule has 0 aliphatic rings. The lowest BCUT2D eigenvalue weighted by molar-refractivity contribution is 0.102. The predicted molar refractivity (Wildman–Crippen MR) is 139 cm³/mol. The van der Waals surface area contributed by atoms with E-state index in [1.165, 1.54) is 0 Å². The minimum atomic E-state index is -0.215. The number of aryl methyl sites for hydroxylation is 1. The molecule has 1 amide bonds. The van der Waals surface area contributed by atoms with Crippen molar-refractivity contribution < 1.29 is 9.53 Å². The first kappa shape index (κ1) is 22.0. The van der Waals surface area contributed by atoms with Gasteiger partial charge >= 0.3 is 0 Å². The molecule has 0 spiro atoms. The normalized spacial score (nSPS) is 11.1. The summed E-state index contributed by atoms with van der Waals surface area (Å²) >= 11 is 5.88. The quantitative estimate of drug-likeness (QED) is 0.276. The molecule has 1 N–H and O–H groups in total. The van der Waals surface area contributed by atoms with Crippen molar-refractivity contribution in [3.05, 3.63) is 90.0 Å². The Morgan fingerprint density at radius 1 is 1.00 bits per heavy atom. The van der Waals surface area contributed by atoms with Gasteiger partial charge in [0.05, 0.1) is 18.3 Å². The first-order valence-corrected chi connectivity index (χ1v) is 11.7. The van der Waals surface area contributed by atoms with Crippen molar-refractivity contribution in [2.24, 2.45) is 0 Å². The number of alkyl halides is 1. The van der Waals surface area contributed by atoms with E-state index in [1.807, 2.05) is 54.6 Å². The second kappa shape index (κ2) is 9.20. The molecule has 5 nitrogen and oxygen atoms in total. The van der Waals surface area contributed by atoms with Crippen molar-refractivity contribution in [3.63, 3.8) is 0 Å². The summed E-state index contributed by atoms with van der Waals surface area (Å²) in [5.74, 6) is 1.48. The van der Waals surface area contributed by atoms with E-state index in [-0.39, 0.29) is 5.91 Å². The van der Waals surface area contributed by atoms with Crippen LogP contribution in [0.5, 0.6) is 5.75 Å². The number of fused-ring (bicyclic) bond motifs is 3. The zero-order valence-electron chi connectivity index (χ0n) is 19.0. The number of nitrogens with one attached hydrogen (secondary N) is 1. The Labute approximate surface area is 203 Å². The smallest absolute Gasteiger partial charge is 0.256 e. The summed E-state index contributed by atoms with van der Waals surface area (Å²) in [6.45, 7) is 2.93. The molecule has 34 heavy (non-hydrogen) atoms. The first-order valence-electron chi connectivity index (χ1n) is 11.2. The summed E-state index contributed by atoms with van der Waals surface area (Å²) in [6.07, 6.45) is 0. The Bertz CT molecular complexity index is 1490. The van der Waals surface area contributed by atoms with E-state index >= 15 is 0 Å². The Balaban J connectivity index is 1.68. The van der Waals surface area contributed by atoms with Crippen LogP contribution in [0.25, 0.3) is 33.1 Å². The number of pyridine rings is 1. The molecule has 0 aliphatic heterocycles. The van der Waals surface area contributed by atoms with E-state index in [0.717, 1.165) is 50.9 Å². The number of ether oxygens (including phenoxy) is 1. The second-order valence-corrected chi connectivity index (χ2v) is 8.29. The highest BCUT2D eigenvalue weighted by atomic mass is 35.5. The summed E-state index contributed by atoms with van der Waals surface area (Å²) < 4.78 is 7.61. The molecule has 0 atom stereocenters. The Hall–Kier alpha value is -3.83. The molecule has 0 aliphatic carbocycles. The standard InChI is InChI=1S/C28H24ClN3O2/c1-3-32-24-7-5-4-6-22(24)23-16-25(31-28(33)20-10-8-18(17-29)9-11-20)30-26(27(23)32)19-12-14-21(34-2)15-13-19/h4-16H,3,17H2,1-2H3,(H,30,31,33). The van der Waals surface area contributed by atoms with Crippen LogP contribution in [0.3, 0.4) is 0 Å². The minimum absolute atomic E-state index is 0.215. The molecule has 2 heterocycles. The van der Waals surface area contributed by atoms with E-state index < -0.39 is 0 Å². The predicted octanol–water partition coefficient (Wildman–Crippen LogP) is 6.88. The molecule has 5 rings (SSSR count). The number of para-hydroxylation sites is 1. The monoisotopic (exact) mass is 469 g/mol. The summed E-state index contributed by atoms with van der Waals surface area (Å²) in [5.41, 5.74) is 5.46. The fourth-order valence-corrected chi connectivity index (χ4v) is 4.53. The van der Waals surface area contributed by atoms with Crippen LogP contribution < -0.4 is 10.1 Å². The van der Waals surface area contributed by atoms with Crippen molar-refractivity contribution in [3.8, 4) is 17.0 Å². The van der Waals surface area contributed by atoms with Gasteiger partial charge in [-0.3, -0.25) is 4.79 Å². The van der Waals surface area contributed by atoms with Gasteiger partial charge < -0.3 is 14.6 Å². The molecule has 0 saturated heterocycles. The van der Waals surface area contributed by atoms with Gasteiger partial charge in [0.25, 0.3) is 5.91 Å². The number of methoxy groups -OCH3 is 1. The summed E-state index contributed by atoms with van der Waals surface area (Å²) in [5, 5.41) is 5.17. The van der Waals surface area contributed by atoms with Crippen LogP contribution in [-0.4, -0.2) is 22.6 Å². The highest BCUT2D eigenvalue weighted by Crippen LogP contribution is 2.37. The van der Waals surface area contributed by atoms with Gasteiger partial charge in [-0.2, -0.15) is 0 Å². The Morgan fingerprint density at radius 3 is 2.41 bits per heavy atom. The highest BCUT2D eigenvalue weighted by molar-refractivity contribution is 6.17. The number of amides is 1. The third kappa shape index (κ3) is 3.88. The van der Waals surface area contributed by atoms with E-state index in [0.29, 0.717) is 17.3 Å². The lowest BCUT2D eigenvalue weighted by atomic mass is 10.1. The van der Waals surface area contributed by atoms with Crippen molar-refractivity contribution in [1.82, 2.24) is 9.55 Å². The molecule has 0 unspecified atom stereocenters. The van der Waals surface area contributed by atoms with Gasteiger partial charge in [0.1, 0.15) is 11.6 Å². The third-order valence-electron chi connectivity index (χ3n) is 6.04. The summed E-state index contributed by atoms with van der Waals surface area (Å²) in [4.78, 5) is 17.9. The highest BCUT2D eigenvalue weighted by Gasteiger charge is 2.18. The van der Waals surface area contributed by atoms with E-state index in [4.69, 9.17) is 21.3 Å². The molecule has 0 fully saturated rings. The molecule has 0 bridgehead atoms. The van der Waals surface area contributed by atoms with Crippen molar-refractivity contribution in [1.29, 1.82) is 0 Å². The van der Waals surface area contributed by atoms with Gasteiger partial charge in [0, 0.05) is 39.8 Å². The van der Waals surface area contributed by atoms with Gasteiger partial charge in [-0.25, -0.2) is 4.98 Å². The van der Waals surface area contributed by atoms with Crippen LogP contribution in [0.1, 0.15) is 22.8 Å². The molecule has 3 aromatic carbocycles. The zero-order valence-corrected chi connectivity index (χ0v) is 19.8. The number of carbonyl (C=O) groups excluding carboxylic acids is 1. The van der Waals surface area contributed by atoms with Crippen molar-refractivity contribution in [2.45, 2.75) is 19.3 Å². The second-order valence-electron chi connectivity index (χ2n) is 8.03. The van der Waals surface area contributed by atoms with Crippen LogP contribution >= 0.6 is 11.6 Å². The van der Waals surface area contributed by atoms with E-state index in [1.54, 1.807) is 19.2 Å². The molecule has 5 aromatic rings. The molecule has 6 heteroatoms. The van der Waals surface area contributed by atoms with Crippen LogP contribution in [0.2, 0.25) is 0 Å². The number of aromatic nitrogens is 2. The van der Waals surface area contributed by atoms with Crippen molar-refractivity contribution in [2.75, 3.05) is 12.4 Å². The lowest BCUT2D eigenvalue weighted by Crippen LogP contribution is -2.13. The van der Waals surface area contributed by atoms with Crippen LogP contribution in [0, 0.1) is 0 Å². The van der Waals surface area contributed by atoms with Crippen LogP contribution in [0.15, 0.2) is 78.9 Å².